The molecule has 35 heavy (non-hydrogen) atoms. The second-order valence-electron chi connectivity index (χ2n) is 8.74. The Kier molecular flexibility index (Phi) is 5.35. The molecule has 1 aliphatic rings. The molecular weight excluding hydrogens is 436 g/mol. The molecule has 5 aromatic rings. The third-order valence-corrected chi connectivity index (χ3v) is 6.60. The van der Waals surface area contributed by atoms with Crippen LogP contribution in [-0.2, 0) is 17.9 Å². The molecular formula is C29H24N4O2. The van der Waals surface area contributed by atoms with Gasteiger partial charge in [0.1, 0.15) is 19.0 Å². The second-order valence-corrected chi connectivity index (χ2v) is 8.74. The first-order chi connectivity index (χ1) is 17.2. The molecule has 1 atom stereocenters. The lowest BCUT2D eigenvalue weighted by Gasteiger charge is -2.22. The maximum Gasteiger partial charge on any atom is 0.263 e. The minimum atomic E-state index is -0.240. The Hall–Kier alpha value is -4.29. The SMILES string of the molecule is O=C(Cn1c(CO)nc2ccccc21)N1N=C(c2ccc3ccccc3c2)C[C@@H]1c1ccccc1. The van der Waals surface area contributed by atoms with Crippen LogP contribution in [0.1, 0.15) is 29.4 Å². The first kappa shape index (κ1) is 21.3. The third-order valence-electron chi connectivity index (χ3n) is 6.60. The summed E-state index contributed by atoms with van der Waals surface area (Å²) in [6, 6.07) is 32.0. The summed E-state index contributed by atoms with van der Waals surface area (Å²) in [4.78, 5) is 18.2. The van der Waals surface area contributed by atoms with Gasteiger partial charge < -0.3 is 9.67 Å². The van der Waals surface area contributed by atoms with Crippen molar-refractivity contribution in [2.45, 2.75) is 25.6 Å². The molecule has 0 saturated heterocycles. The van der Waals surface area contributed by atoms with Gasteiger partial charge in [0, 0.05) is 6.42 Å². The van der Waals surface area contributed by atoms with Crippen molar-refractivity contribution in [2.24, 2.45) is 5.10 Å². The summed E-state index contributed by atoms with van der Waals surface area (Å²) in [5.74, 6) is 0.321. The first-order valence-corrected chi connectivity index (χ1v) is 11.7. The van der Waals surface area contributed by atoms with Crippen LogP contribution in [0.25, 0.3) is 21.8 Å². The molecule has 1 aromatic heterocycles. The number of fused-ring (bicyclic) bond motifs is 2. The standard InChI is InChI=1S/C29H24N4O2/c34-19-28-30-24-12-6-7-13-26(24)32(28)18-29(35)33-27(21-9-2-1-3-10-21)17-25(31-33)23-15-14-20-8-4-5-11-22(20)16-23/h1-16,27,34H,17-19H2/t27-/m1/s1. The fourth-order valence-corrected chi connectivity index (χ4v) is 4.85. The van der Waals surface area contributed by atoms with Gasteiger partial charge in [0.15, 0.2) is 0 Å². The summed E-state index contributed by atoms with van der Waals surface area (Å²) in [6.45, 7) is -0.191. The largest absolute Gasteiger partial charge is 0.388 e. The van der Waals surface area contributed by atoms with Gasteiger partial charge >= 0.3 is 0 Å². The minimum absolute atomic E-state index is 0.0498. The summed E-state index contributed by atoms with van der Waals surface area (Å²) in [6.07, 6.45) is 0.631. The van der Waals surface area contributed by atoms with Crippen LogP contribution in [-0.4, -0.2) is 31.3 Å². The monoisotopic (exact) mass is 460 g/mol. The molecule has 2 heterocycles. The van der Waals surface area contributed by atoms with Gasteiger partial charge in [-0.3, -0.25) is 4.79 Å². The van der Waals surface area contributed by atoms with Crippen molar-refractivity contribution in [2.75, 3.05) is 0 Å². The van der Waals surface area contributed by atoms with E-state index in [-0.39, 0.29) is 25.1 Å². The molecule has 6 rings (SSSR count). The predicted molar refractivity (Wildman–Crippen MR) is 137 cm³/mol. The van der Waals surface area contributed by atoms with Gasteiger partial charge in [-0.15, -0.1) is 0 Å². The number of aromatic nitrogens is 2. The maximum atomic E-state index is 13.7. The van der Waals surface area contributed by atoms with Crippen LogP contribution < -0.4 is 0 Å². The van der Waals surface area contributed by atoms with E-state index in [2.05, 4.69) is 35.3 Å². The number of rotatable bonds is 5. The zero-order chi connectivity index (χ0) is 23.8. The number of amides is 1. The van der Waals surface area contributed by atoms with Crippen LogP contribution in [0, 0.1) is 0 Å². The molecule has 0 fully saturated rings. The number of carbonyl (C=O) groups is 1. The Morgan fingerprint density at radius 3 is 2.46 bits per heavy atom. The number of hydrazone groups is 1. The van der Waals surface area contributed by atoms with E-state index in [0.29, 0.717) is 12.2 Å². The Morgan fingerprint density at radius 2 is 1.63 bits per heavy atom. The van der Waals surface area contributed by atoms with Crippen molar-refractivity contribution in [3.63, 3.8) is 0 Å². The normalized spacial score (nSPS) is 15.6. The summed E-state index contributed by atoms with van der Waals surface area (Å²) in [5.41, 5.74) is 4.52. The Balaban J connectivity index is 1.38. The zero-order valence-corrected chi connectivity index (χ0v) is 19.1. The van der Waals surface area contributed by atoms with Gasteiger partial charge in [0.25, 0.3) is 5.91 Å². The molecule has 0 radical (unpaired) electrons. The summed E-state index contributed by atoms with van der Waals surface area (Å²) in [7, 11) is 0. The average Bonchev–Trinajstić information content (AvgIpc) is 3.51. The number of benzene rings is 4. The van der Waals surface area contributed by atoms with Crippen molar-refractivity contribution in [1.82, 2.24) is 14.6 Å². The third kappa shape index (κ3) is 3.88. The van der Waals surface area contributed by atoms with Crippen LogP contribution in [0.15, 0.2) is 102 Å². The summed E-state index contributed by atoms with van der Waals surface area (Å²) < 4.78 is 1.78. The lowest BCUT2D eigenvalue weighted by molar-refractivity contribution is -0.133. The fraction of sp³-hybridized carbons (Fsp3) is 0.138. The van der Waals surface area contributed by atoms with E-state index in [1.807, 2.05) is 66.7 Å². The lowest BCUT2D eigenvalue weighted by atomic mass is 9.97. The van der Waals surface area contributed by atoms with E-state index in [1.54, 1.807) is 9.58 Å². The molecule has 0 spiro atoms. The highest BCUT2D eigenvalue weighted by molar-refractivity contribution is 6.05. The van der Waals surface area contributed by atoms with E-state index in [4.69, 9.17) is 5.10 Å². The zero-order valence-electron chi connectivity index (χ0n) is 19.1. The van der Waals surface area contributed by atoms with Gasteiger partial charge in [0.2, 0.25) is 0 Å². The predicted octanol–water partition coefficient (Wildman–Crippen LogP) is 5.06. The lowest BCUT2D eigenvalue weighted by Crippen LogP contribution is -2.30. The second kappa shape index (κ2) is 8.81. The van der Waals surface area contributed by atoms with Crippen LogP contribution >= 0.6 is 0 Å². The topological polar surface area (TPSA) is 70.7 Å². The van der Waals surface area contributed by atoms with Crippen LogP contribution in [0.3, 0.4) is 0 Å². The quantitative estimate of drug-likeness (QED) is 0.399. The van der Waals surface area contributed by atoms with E-state index in [9.17, 15) is 9.90 Å². The van der Waals surface area contributed by atoms with Crippen LogP contribution in [0.4, 0.5) is 0 Å². The van der Waals surface area contributed by atoms with Crippen molar-refractivity contribution >= 4 is 33.4 Å². The van der Waals surface area contributed by atoms with Crippen molar-refractivity contribution in [1.29, 1.82) is 0 Å². The number of aliphatic hydroxyl groups is 1. The fourth-order valence-electron chi connectivity index (χ4n) is 4.85. The smallest absolute Gasteiger partial charge is 0.263 e. The van der Waals surface area contributed by atoms with E-state index in [0.717, 1.165) is 33.3 Å². The molecule has 6 heteroatoms. The molecule has 172 valence electrons. The van der Waals surface area contributed by atoms with E-state index >= 15 is 0 Å². The number of para-hydroxylation sites is 2. The number of nitrogens with zero attached hydrogens (tertiary/aromatic N) is 4. The van der Waals surface area contributed by atoms with Gasteiger partial charge in [-0.2, -0.15) is 5.10 Å². The molecule has 6 nitrogen and oxygen atoms in total. The van der Waals surface area contributed by atoms with Crippen molar-refractivity contribution in [3.8, 4) is 0 Å². The number of hydrogen-bond acceptors (Lipinski definition) is 4. The van der Waals surface area contributed by atoms with Crippen molar-refractivity contribution < 1.29 is 9.90 Å². The molecule has 0 bridgehead atoms. The molecule has 1 aliphatic heterocycles. The molecule has 1 N–H and O–H groups in total. The van der Waals surface area contributed by atoms with Crippen LogP contribution in [0.5, 0.6) is 0 Å². The molecule has 1 amide bonds. The van der Waals surface area contributed by atoms with E-state index < -0.39 is 0 Å². The molecule has 0 saturated carbocycles. The highest BCUT2D eigenvalue weighted by atomic mass is 16.3. The van der Waals surface area contributed by atoms with Crippen LogP contribution in [0.2, 0.25) is 0 Å². The van der Waals surface area contributed by atoms with Gasteiger partial charge in [-0.25, -0.2) is 9.99 Å². The minimum Gasteiger partial charge on any atom is -0.388 e. The molecule has 0 unspecified atom stereocenters. The summed E-state index contributed by atoms with van der Waals surface area (Å²) in [5, 5.41) is 18.6. The molecule has 0 aliphatic carbocycles. The Morgan fingerprint density at radius 1 is 0.886 bits per heavy atom. The number of hydrogen-bond donors (Lipinski definition) is 1. The Labute approximate surface area is 202 Å². The number of imidazole rings is 1. The van der Waals surface area contributed by atoms with Crippen molar-refractivity contribution in [3.05, 3.63) is 114 Å². The van der Waals surface area contributed by atoms with Gasteiger partial charge in [-0.05, 0) is 40.1 Å². The maximum absolute atomic E-state index is 13.7. The molecule has 4 aromatic carbocycles. The Bertz CT molecular complexity index is 1570. The number of aliphatic hydroxyl groups excluding tert-OH is 1. The number of carbonyl (C=O) groups excluding carboxylic acids is 1. The summed E-state index contributed by atoms with van der Waals surface area (Å²) >= 11 is 0. The highest BCUT2D eigenvalue weighted by Crippen LogP contribution is 2.34. The van der Waals surface area contributed by atoms with Gasteiger partial charge in [-0.1, -0.05) is 78.9 Å². The first-order valence-electron chi connectivity index (χ1n) is 11.7. The van der Waals surface area contributed by atoms with E-state index in [1.165, 1.54) is 5.39 Å². The average molecular weight is 461 g/mol. The highest BCUT2D eigenvalue weighted by Gasteiger charge is 2.33. The van der Waals surface area contributed by atoms with Gasteiger partial charge in [0.05, 0.1) is 22.8 Å².